The number of ether oxygens (including phenoxy) is 1. The van der Waals surface area contributed by atoms with Gasteiger partial charge in [-0.3, -0.25) is 9.69 Å². The van der Waals surface area contributed by atoms with E-state index in [4.69, 9.17) is 4.74 Å². The van der Waals surface area contributed by atoms with Crippen molar-refractivity contribution in [1.29, 1.82) is 0 Å². The van der Waals surface area contributed by atoms with Gasteiger partial charge in [-0.15, -0.1) is 0 Å². The number of aryl methyl sites for hydroxylation is 1. The Bertz CT molecular complexity index is 831. The second kappa shape index (κ2) is 10.1. The molecule has 29 heavy (non-hydrogen) atoms. The molecule has 0 atom stereocenters. The first-order valence-corrected chi connectivity index (χ1v) is 11.1. The van der Waals surface area contributed by atoms with Gasteiger partial charge in [0.15, 0.2) is 0 Å². The molecular formula is C19H30N4O5S. The number of hydrogen-bond donors (Lipinski definition) is 1. The van der Waals surface area contributed by atoms with Gasteiger partial charge in [0.1, 0.15) is 0 Å². The first-order valence-electron chi connectivity index (χ1n) is 9.69. The standard InChI is InChI=1S/C19H30N4O5S/c1-5-22(6-2)29(26,27)23-11-9-21(10-12-23)14-18(24)20-17-13-16(19(25)28-4)8-7-15(17)3/h7-8,13H,5-6,9-12,14H2,1-4H3,(H,20,24). The van der Waals surface area contributed by atoms with Crippen LogP contribution in [0.15, 0.2) is 18.2 Å². The van der Waals surface area contributed by atoms with Gasteiger partial charge in [0, 0.05) is 45.0 Å². The number of piperazine rings is 1. The highest BCUT2D eigenvalue weighted by molar-refractivity contribution is 7.86. The maximum Gasteiger partial charge on any atom is 0.337 e. The third kappa shape index (κ3) is 5.75. The van der Waals surface area contributed by atoms with E-state index >= 15 is 0 Å². The Morgan fingerprint density at radius 1 is 1.14 bits per heavy atom. The summed E-state index contributed by atoms with van der Waals surface area (Å²) in [5.74, 6) is -0.679. The van der Waals surface area contributed by atoms with Gasteiger partial charge >= 0.3 is 5.97 Å². The lowest BCUT2D eigenvalue weighted by atomic mass is 10.1. The number of hydrogen-bond acceptors (Lipinski definition) is 6. The Labute approximate surface area is 172 Å². The van der Waals surface area contributed by atoms with Crippen LogP contribution >= 0.6 is 0 Å². The van der Waals surface area contributed by atoms with Gasteiger partial charge in [-0.1, -0.05) is 19.9 Å². The normalized spacial score (nSPS) is 16.0. The molecule has 0 aliphatic carbocycles. The Morgan fingerprint density at radius 2 is 1.76 bits per heavy atom. The van der Waals surface area contributed by atoms with Crippen LogP contribution in [0.3, 0.4) is 0 Å². The molecule has 0 radical (unpaired) electrons. The number of nitrogens with one attached hydrogen (secondary N) is 1. The summed E-state index contributed by atoms with van der Waals surface area (Å²) in [4.78, 5) is 26.1. The summed E-state index contributed by atoms with van der Waals surface area (Å²) in [6.07, 6.45) is 0. The Hall–Kier alpha value is -2.01. The van der Waals surface area contributed by atoms with Crippen molar-refractivity contribution in [3.8, 4) is 0 Å². The van der Waals surface area contributed by atoms with E-state index in [0.717, 1.165) is 5.56 Å². The fraction of sp³-hybridized carbons (Fsp3) is 0.579. The first-order chi connectivity index (χ1) is 13.7. The van der Waals surface area contributed by atoms with Gasteiger partial charge in [0.2, 0.25) is 5.91 Å². The quantitative estimate of drug-likeness (QED) is 0.621. The molecule has 0 bridgehead atoms. The zero-order valence-corrected chi connectivity index (χ0v) is 18.3. The molecule has 162 valence electrons. The maximum atomic E-state index is 12.6. The summed E-state index contributed by atoms with van der Waals surface area (Å²) in [5, 5.41) is 2.83. The van der Waals surface area contributed by atoms with Gasteiger partial charge in [0.25, 0.3) is 10.2 Å². The van der Waals surface area contributed by atoms with Crippen molar-refractivity contribution >= 4 is 27.8 Å². The van der Waals surface area contributed by atoms with Gasteiger partial charge in [-0.2, -0.15) is 17.0 Å². The fourth-order valence-corrected chi connectivity index (χ4v) is 4.83. The lowest BCUT2D eigenvalue weighted by molar-refractivity contribution is -0.117. The molecule has 1 aliphatic heterocycles. The molecule has 2 rings (SSSR count). The van der Waals surface area contributed by atoms with E-state index in [2.05, 4.69) is 5.32 Å². The molecular weight excluding hydrogens is 396 g/mol. The van der Waals surface area contributed by atoms with E-state index in [0.29, 0.717) is 50.5 Å². The number of nitrogens with zero attached hydrogens (tertiary/aromatic N) is 3. The Morgan fingerprint density at radius 3 is 2.31 bits per heavy atom. The van der Waals surface area contributed by atoms with E-state index in [-0.39, 0.29) is 12.5 Å². The van der Waals surface area contributed by atoms with E-state index in [1.54, 1.807) is 18.2 Å². The van der Waals surface area contributed by atoms with Gasteiger partial charge in [0.05, 0.1) is 19.2 Å². The molecule has 0 spiro atoms. The fourth-order valence-electron chi connectivity index (χ4n) is 3.23. The van der Waals surface area contributed by atoms with E-state index in [1.165, 1.54) is 15.7 Å². The highest BCUT2D eigenvalue weighted by Gasteiger charge is 2.31. The van der Waals surface area contributed by atoms with Crippen molar-refractivity contribution in [1.82, 2.24) is 13.5 Å². The van der Waals surface area contributed by atoms with Crippen molar-refractivity contribution in [3.63, 3.8) is 0 Å². The topological polar surface area (TPSA) is 99.3 Å². The predicted octanol–water partition coefficient (Wildman–Crippen LogP) is 0.924. The smallest absolute Gasteiger partial charge is 0.337 e. The zero-order valence-electron chi connectivity index (χ0n) is 17.5. The molecule has 1 fully saturated rings. The van der Waals surface area contributed by atoms with Crippen LogP contribution in [-0.4, -0.2) is 86.7 Å². The number of carbonyl (C=O) groups excluding carboxylic acids is 2. The molecule has 9 nitrogen and oxygen atoms in total. The number of anilines is 1. The third-order valence-electron chi connectivity index (χ3n) is 4.99. The SMILES string of the molecule is CCN(CC)S(=O)(=O)N1CCN(CC(=O)Nc2cc(C(=O)OC)ccc2C)CC1. The molecule has 1 aliphatic rings. The minimum Gasteiger partial charge on any atom is -0.465 e. The summed E-state index contributed by atoms with van der Waals surface area (Å²) in [7, 11) is -2.14. The molecule has 0 saturated carbocycles. The minimum absolute atomic E-state index is 0.154. The van der Waals surface area contributed by atoms with E-state index < -0.39 is 16.2 Å². The maximum absolute atomic E-state index is 12.6. The van der Waals surface area contributed by atoms with Crippen LogP contribution in [0.25, 0.3) is 0 Å². The highest BCUT2D eigenvalue weighted by atomic mass is 32.2. The number of benzene rings is 1. The number of methoxy groups -OCH3 is 1. The molecule has 1 aromatic rings. The molecule has 10 heteroatoms. The number of amides is 1. The van der Waals surface area contributed by atoms with Crippen molar-refractivity contribution in [2.45, 2.75) is 20.8 Å². The summed E-state index contributed by atoms with van der Waals surface area (Å²) in [5.41, 5.74) is 1.76. The van der Waals surface area contributed by atoms with Gasteiger partial charge < -0.3 is 10.1 Å². The van der Waals surface area contributed by atoms with Crippen molar-refractivity contribution in [3.05, 3.63) is 29.3 Å². The van der Waals surface area contributed by atoms with Crippen LogP contribution in [0.2, 0.25) is 0 Å². The van der Waals surface area contributed by atoms with Gasteiger partial charge in [-0.05, 0) is 24.6 Å². The van der Waals surface area contributed by atoms with Crippen LogP contribution in [-0.2, 0) is 19.7 Å². The monoisotopic (exact) mass is 426 g/mol. The molecule has 0 unspecified atom stereocenters. The lowest BCUT2D eigenvalue weighted by Crippen LogP contribution is -2.54. The Balaban J connectivity index is 1.93. The molecule has 0 aromatic heterocycles. The highest BCUT2D eigenvalue weighted by Crippen LogP contribution is 2.18. The van der Waals surface area contributed by atoms with Crippen molar-refractivity contribution in [2.75, 3.05) is 58.2 Å². The molecule has 1 heterocycles. The van der Waals surface area contributed by atoms with Crippen LogP contribution < -0.4 is 5.32 Å². The molecule has 1 aromatic carbocycles. The molecule has 1 N–H and O–H groups in total. The van der Waals surface area contributed by atoms with Crippen LogP contribution in [0.1, 0.15) is 29.8 Å². The summed E-state index contributed by atoms with van der Waals surface area (Å²) in [6, 6.07) is 4.98. The second-order valence-electron chi connectivity index (χ2n) is 6.84. The largest absolute Gasteiger partial charge is 0.465 e. The summed E-state index contributed by atoms with van der Waals surface area (Å²) < 4.78 is 32.8. The van der Waals surface area contributed by atoms with E-state index in [9.17, 15) is 18.0 Å². The summed E-state index contributed by atoms with van der Waals surface area (Å²) >= 11 is 0. The number of carbonyl (C=O) groups is 2. The summed E-state index contributed by atoms with van der Waals surface area (Å²) in [6.45, 7) is 8.17. The average Bonchev–Trinajstić information content (AvgIpc) is 2.70. The van der Waals surface area contributed by atoms with Crippen LogP contribution in [0, 0.1) is 6.92 Å². The average molecular weight is 427 g/mol. The second-order valence-corrected chi connectivity index (χ2v) is 8.77. The van der Waals surface area contributed by atoms with Crippen LogP contribution in [0.4, 0.5) is 5.69 Å². The minimum atomic E-state index is -3.45. The Kier molecular flexibility index (Phi) is 8.14. The van der Waals surface area contributed by atoms with Crippen molar-refractivity contribution < 1.29 is 22.7 Å². The first kappa shape index (κ1) is 23.3. The molecule has 1 saturated heterocycles. The number of esters is 1. The van der Waals surface area contributed by atoms with Crippen LogP contribution in [0.5, 0.6) is 0 Å². The number of rotatable bonds is 8. The zero-order chi connectivity index (χ0) is 21.6. The predicted molar refractivity (Wildman–Crippen MR) is 111 cm³/mol. The van der Waals surface area contributed by atoms with Crippen molar-refractivity contribution in [2.24, 2.45) is 0 Å². The molecule has 1 amide bonds. The lowest BCUT2D eigenvalue weighted by Gasteiger charge is -2.36. The van der Waals surface area contributed by atoms with Gasteiger partial charge in [-0.25, -0.2) is 4.79 Å². The third-order valence-corrected chi connectivity index (χ3v) is 7.18. The van der Waals surface area contributed by atoms with E-state index in [1.807, 2.05) is 25.7 Å².